The number of rotatable bonds is 1. The van der Waals surface area contributed by atoms with Crippen molar-refractivity contribution in [2.75, 3.05) is 0 Å². The van der Waals surface area contributed by atoms with E-state index in [0.717, 1.165) is 19.3 Å². The Morgan fingerprint density at radius 2 is 1.94 bits per heavy atom. The van der Waals surface area contributed by atoms with Crippen molar-refractivity contribution in [3.05, 3.63) is 34.4 Å². The SMILES string of the molecule is Cc1ccc2c(c1C)CC(C(C)(C)O)CC2. The van der Waals surface area contributed by atoms with E-state index in [-0.39, 0.29) is 0 Å². The Bertz CT molecular complexity index is 399. The Labute approximate surface area is 98.5 Å². The fourth-order valence-electron chi connectivity index (χ4n) is 2.73. The molecule has 2 rings (SSSR count). The van der Waals surface area contributed by atoms with Crippen LogP contribution in [0.4, 0.5) is 0 Å². The molecule has 0 aliphatic heterocycles. The maximum absolute atomic E-state index is 10.1. The van der Waals surface area contributed by atoms with Gasteiger partial charge in [-0.15, -0.1) is 0 Å². The lowest BCUT2D eigenvalue weighted by molar-refractivity contribution is 0.0110. The van der Waals surface area contributed by atoms with Gasteiger partial charge in [0.05, 0.1) is 5.60 Å². The average Bonchev–Trinajstić information content (AvgIpc) is 2.22. The molecule has 0 radical (unpaired) electrons. The van der Waals surface area contributed by atoms with Crippen molar-refractivity contribution < 1.29 is 5.11 Å². The zero-order chi connectivity index (χ0) is 11.9. The van der Waals surface area contributed by atoms with E-state index in [4.69, 9.17) is 0 Å². The largest absolute Gasteiger partial charge is 0.390 e. The van der Waals surface area contributed by atoms with Crippen LogP contribution in [-0.4, -0.2) is 10.7 Å². The molecular weight excluding hydrogens is 196 g/mol. The molecule has 1 nitrogen and oxygen atoms in total. The van der Waals surface area contributed by atoms with Gasteiger partial charge in [-0.05, 0) is 75.1 Å². The lowest BCUT2D eigenvalue weighted by atomic mass is 9.74. The van der Waals surface area contributed by atoms with Crippen molar-refractivity contribution in [3.63, 3.8) is 0 Å². The highest BCUT2D eigenvalue weighted by molar-refractivity contribution is 5.41. The van der Waals surface area contributed by atoms with Gasteiger partial charge in [-0.1, -0.05) is 12.1 Å². The molecule has 1 unspecified atom stereocenters. The molecule has 0 aromatic heterocycles. The molecule has 0 saturated heterocycles. The van der Waals surface area contributed by atoms with Crippen molar-refractivity contribution >= 4 is 0 Å². The molecule has 0 heterocycles. The number of hydrogen-bond donors (Lipinski definition) is 1. The molecule has 1 aromatic rings. The maximum atomic E-state index is 10.1. The summed E-state index contributed by atoms with van der Waals surface area (Å²) in [4.78, 5) is 0. The Morgan fingerprint density at radius 3 is 2.56 bits per heavy atom. The van der Waals surface area contributed by atoms with Crippen molar-refractivity contribution in [1.82, 2.24) is 0 Å². The smallest absolute Gasteiger partial charge is 0.0623 e. The minimum absolute atomic E-state index is 0.403. The average molecular weight is 218 g/mol. The predicted octanol–water partition coefficient (Wildman–Crippen LogP) is 3.18. The van der Waals surface area contributed by atoms with E-state index in [0.29, 0.717) is 5.92 Å². The zero-order valence-electron chi connectivity index (χ0n) is 10.8. The fourth-order valence-corrected chi connectivity index (χ4v) is 2.73. The van der Waals surface area contributed by atoms with Crippen LogP contribution < -0.4 is 0 Å². The van der Waals surface area contributed by atoms with E-state index in [1.807, 2.05) is 13.8 Å². The highest BCUT2D eigenvalue weighted by atomic mass is 16.3. The van der Waals surface area contributed by atoms with Crippen LogP contribution >= 0.6 is 0 Å². The summed E-state index contributed by atoms with van der Waals surface area (Å²) in [7, 11) is 0. The number of benzene rings is 1. The van der Waals surface area contributed by atoms with Crippen LogP contribution in [0.5, 0.6) is 0 Å². The highest BCUT2D eigenvalue weighted by Gasteiger charge is 2.31. The third-order valence-electron chi connectivity index (χ3n) is 4.18. The molecule has 1 N–H and O–H groups in total. The van der Waals surface area contributed by atoms with Crippen LogP contribution in [0.2, 0.25) is 0 Å². The van der Waals surface area contributed by atoms with Gasteiger partial charge in [-0.3, -0.25) is 0 Å². The summed E-state index contributed by atoms with van der Waals surface area (Å²) in [5, 5.41) is 10.1. The minimum atomic E-state index is -0.548. The molecule has 0 amide bonds. The standard InChI is InChI=1S/C15H22O/c1-10-5-6-12-7-8-13(15(3,4)16)9-14(12)11(10)2/h5-6,13,16H,7-9H2,1-4H3. The van der Waals surface area contributed by atoms with Gasteiger partial charge in [-0.2, -0.15) is 0 Å². The van der Waals surface area contributed by atoms with Crippen molar-refractivity contribution in [2.24, 2.45) is 5.92 Å². The molecule has 1 aliphatic rings. The quantitative estimate of drug-likeness (QED) is 0.767. The summed E-state index contributed by atoms with van der Waals surface area (Å²) in [6, 6.07) is 4.48. The first-order valence-corrected chi connectivity index (χ1v) is 6.20. The van der Waals surface area contributed by atoms with E-state index in [1.54, 1.807) is 0 Å². The molecular formula is C15H22O. The fraction of sp³-hybridized carbons (Fsp3) is 0.600. The monoisotopic (exact) mass is 218 g/mol. The van der Waals surface area contributed by atoms with E-state index in [2.05, 4.69) is 26.0 Å². The van der Waals surface area contributed by atoms with Crippen LogP contribution in [0, 0.1) is 19.8 Å². The Hall–Kier alpha value is -0.820. The van der Waals surface area contributed by atoms with Crippen LogP contribution in [0.1, 0.15) is 42.5 Å². The van der Waals surface area contributed by atoms with Crippen LogP contribution in [-0.2, 0) is 12.8 Å². The molecule has 0 bridgehead atoms. The number of fused-ring (bicyclic) bond motifs is 1. The Morgan fingerprint density at radius 1 is 1.25 bits per heavy atom. The molecule has 1 aromatic carbocycles. The van der Waals surface area contributed by atoms with Crippen LogP contribution in [0.15, 0.2) is 12.1 Å². The van der Waals surface area contributed by atoms with E-state index in [9.17, 15) is 5.11 Å². The number of aryl methyl sites for hydroxylation is 2. The molecule has 0 spiro atoms. The summed E-state index contributed by atoms with van der Waals surface area (Å²) in [6.45, 7) is 8.26. The van der Waals surface area contributed by atoms with Gasteiger partial charge >= 0.3 is 0 Å². The molecule has 16 heavy (non-hydrogen) atoms. The zero-order valence-corrected chi connectivity index (χ0v) is 10.8. The third kappa shape index (κ3) is 2.01. The first-order chi connectivity index (χ1) is 7.39. The summed E-state index contributed by atoms with van der Waals surface area (Å²) in [5.74, 6) is 0.403. The van der Waals surface area contributed by atoms with Crippen molar-refractivity contribution in [3.8, 4) is 0 Å². The van der Waals surface area contributed by atoms with Crippen LogP contribution in [0.25, 0.3) is 0 Å². The van der Waals surface area contributed by atoms with Gasteiger partial charge in [0.1, 0.15) is 0 Å². The summed E-state index contributed by atoms with van der Waals surface area (Å²) >= 11 is 0. The predicted molar refractivity (Wildman–Crippen MR) is 67.7 cm³/mol. The van der Waals surface area contributed by atoms with Crippen molar-refractivity contribution in [1.29, 1.82) is 0 Å². The van der Waals surface area contributed by atoms with E-state index < -0.39 is 5.60 Å². The second kappa shape index (κ2) is 3.89. The lowest BCUT2D eigenvalue weighted by Crippen LogP contribution is -2.35. The lowest BCUT2D eigenvalue weighted by Gasteiger charge is -2.34. The van der Waals surface area contributed by atoms with Gasteiger partial charge in [0.2, 0.25) is 0 Å². The molecule has 0 saturated carbocycles. The molecule has 1 aliphatic carbocycles. The highest BCUT2D eigenvalue weighted by Crippen LogP contribution is 2.34. The van der Waals surface area contributed by atoms with E-state index >= 15 is 0 Å². The topological polar surface area (TPSA) is 20.2 Å². The molecule has 1 atom stereocenters. The van der Waals surface area contributed by atoms with Gasteiger partial charge < -0.3 is 5.11 Å². The summed E-state index contributed by atoms with van der Waals surface area (Å²) in [5.41, 5.74) is 5.22. The van der Waals surface area contributed by atoms with Crippen LogP contribution in [0.3, 0.4) is 0 Å². The Kier molecular flexibility index (Phi) is 2.83. The van der Waals surface area contributed by atoms with Gasteiger partial charge in [0, 0.05) is 0 Å². The van der Waals surface area contributed by atoms with E-state index in [1.165, 1.54) is 22.3 Å². The molecule has 0 fully saturated rings. The second-order valence-corrected chi connectivity index (χ2v) is 5.74. The minimum Gasteiger partial charge on any atom is -0.390 e. The van der Waals surface area contributed by atoms with Gasteiger partial charge in [-0.25, -0.2) is 0 Å². The second-order valence-electron chi connectivity index (χ2n) is 5.74. The number of aliphatic hydroxyl groups is 1. The number of hydrogen-bond acceptors (Lipinski definition) is 1. The summed E-state index contributed by atoms with van der Waals surface area (Å²) in [6.07, 6.45) is 3.26. The van der Waals surface area contributed by atoms with Gasteiger partial charge in [0.25, 0.3) is 0 Å². The molecule has 1 heteroatoms. The first kappa shape index (κ1) is 11.7. The van der Waals surface area contributed by atoms with Crippen molar-refractivity contribution in [2.45, 2.75) is 52.6 Å². The Balaban J connectivity index is 2.36. The maximum Gasteiger partial charge on any atom is 0.0623 e. The first-order valence-electron chi connectivity index (χ1n) is 6.20. The molecule has 88 valence electrons. The van der Waals surface area contributed by atoms with Gasteiger partial charge in [0.15, 0.2) is 0 Å². The third-order valence-corrected chi connectivity index (χ3v) is 4.18. The normalized spacial score (nSPS) is 20.7. The summed E-state index contributed by atoms with van der Waals surface area (Å²) < 4.78 is 0.